The average molecular weight is 513 g/mol. The lowest BCUT2D eigenvalue weighted by Crippen LogP contribution is -2.45. The van der Waals surface area contributed by atoms with Crippen LogP contribution in [0.1, 0.15) is 41.7 Å². The van der Waals surface area contributed by atoms with Gasteiger partial charge in [-0.05, 0) is 31.5 Å². The number of rotatable bonds is 9. The highest BCUT2D eigenvalue weighted by Gasteiger charge is 2.36. The third-order valence-electron chi connectivity index (χ3n) is 6.75. The number of carbonyl (C=O) groups excluding carboxylic acids is 1. The van der Waals surface area contributed by atoms with E-state index in [0.29, 0.717) is 58.7 Å². The number of H-pyrrole nitrogens is 1. The molecule has 0 radical (unpaired) electrons. The fourth-order valence-electron chi connectivity index (χ4n) is 4.64. The van der Waals surface area contributed by atoms with Gasteiger partial charge < -0.3 is 34.9 Å². The van der Waals surface area contributed by atoms with Crippen LogP contribution in [-0.2, 0) is 4.74 Å². The summed E-state index contributed by atoms with van der Waals surface area (Å²) >= 11 is 6.37. The number of halogens is 1. The van der Waals surface area contributed by atoms with Crippen molar-refractivity contribution in [3.8, 4) is 22.8 Å². The van der Waals surface area contributed by atoms with Crippen LogP contribution in [0.3, 0.4) is 0 Å². The summed E-state index contributed by atoms with van der Waals surface area (Å²) in [6.45, 7) is 3.55. The van der Waals surface area contributed by atoms with Crippen LogP contribution in [0.15, 0.2) is 36.7 Å². The molecular weight excluding hydrogens is 484 g/mol. The maximum atomic E-state index is 13.1. The second kappa shape index (κ2) is 10.0. The highest BCUT2D eigenvalue weighted by atomic mass is 35.5. The Morgan fingerprint density at radius 1 is 1.36 bits per heavy atom. The van der Waals surface area contributed by atoms with Crippen LogP contribution in [0.4, 0.5) is 11.4 Å². The van der Waals surface area contributed by atoms with Crippen molar-refractivity contribution in [3.05, 3.63) is 52.9 Å². The Balaban J connectivity index is 1.63. The Hall–Kier alpha value is -3.27. The Bertz CT molecular complexity index is 1270. The molecule has 4 N–H and O–H groups in total. The van der Waals surface area contributed by atoms with Crippen LogP contribution in [-0.4, -0.2) is 60.1 Å². The van der Waals surface area contributed by atoms with E-state index in [4.69, 9.17) is 25.8 Å². The quantitative estimate of drug-likeness (QED) is 0.338. The van der Waals surface area contributed by atoms with E-state index in [1.54, 1.807) is 31.6 Å². The molecule has 2 aromatic heterocycles. The summed E-state index contributed by atoms with van der Waals surface area (Å²) in [7, 11) is 1.54. The number of nitrogens with zero attached hydrogens (tertiary/aromatic N) is 1. The van der Waals surface area contributed by atoms with Crippen molar-refractivity contribution in [1.82, 2.24) is 15.3 Å². The molecule has 4 heterocycles. The number of fused-ring (bicyclic) bond motifs is 1. The van der Waals surface area contributed by atoms with E-state index in [2.05, 4.69) is 20.6 Å². The molecule has 2 aliphatic rings. The van der Waals surface area contributed by atoms with Gasteiger partial charge in [0, 0.05) is 42.9 Å². The molecule has 2 atom stereocenters. The van der Waals surface area contributed by atoms with E-state index in [-0.39, 0.29) is 24.0 Å². The number of benzene rings is 1. The lowest BCUT2D eigenvalue weighted by atomic mass is 9.94. The number of amides is 1. The molecule has 1 saturated heterocycles. The fraction of sp³-hybridized carbons (Fsp3) is 0.385. The largest absolute Gasteiger partial charge is 0.493 e. The molecule has 9 nitrogen and oxygen atoms in total. The molecule has 1 amide bonds. The normalized spacial score (nSPS) is 20.8. The summed E-state index contributed by atoms with van der Waals surface area (Å²) in [5, 5.41) is 16.4. The van der Waals surface area contributed by atoms with E-state index in [1.165, 1.54) is 0 Å². The van der Waals surface area contributed by atoms with Gasteiger partial charge in [-0.2, -0.15) is 0 Å². The Labute approximate surface area is 214 Å². The highest BCUT2D eigenvalue weighted by Crippen LogP contribution is 2.45. The zero-order valence-corrected chi connectivity index (χ0v) is 20.9. The number of ether oxygens (including phenoxy) is 3. The number of hydrogen-bond donors (Lipinski definition) is 4. The molecule has 1 aromatic carbocycles. The van der Waals surface area contributed by atoms with Crippen molar-refractivity contribution in [2.45, 2.75) is 31.3 Å². The molecule has 0 saturated carbocycles. The third-order valence-corrected chi connectivity index (χ3v) is 7.05. The van der Waals surface area contributed by atoms with Crippen LogP contribution >= 0.6 is 11.6 Å². The van der Waals surface area contributed by atoms with Crippen LogP contribution in [0.5, 0.6) is 11.5 Å². The first-order valence-electron chi connectivity index (χ1n) is 11.9. The molecule has 5 rings (SSSR count). The predicted molar refractivity (Wildman–Crippen MR) is 137 cm³/mol. The van der Waals surface area contributed by atoms with Crippen molar-refractivity contribution in [2.75, 3.05) is 38.8 Å². The molecular formula is C26H29ClN4O5. The molecule has 190 valence electrons. The van der Waals surface area contributed by atoms with E-state index in [0.717, 1.165) is 24.3 Å². The van der Waals surface area contributed by atoms with E-state index in [1.807, 2.05) is 19.1 Å². The lowest BCUT2D eigenvalue weighted by Gasteiger charge is -2.38. The Kier molecular flexibility index (Phi) is 6.79. The van der Waals surface area contributed by atoms with Gasteiger partial charge in [-0.3, -0.25) is 9.78 Å². The van der Waals surface area contributed by atoms with Gasteiger partial charge in [0.15, 0.2) is 5.75 Å². The number of aromatic nitrogens is 2. The zero-order valence-electron chi connectivity index (χ0n) is 20.2. The van der Waals surface area contributed by atoms with Gasteiger partial charge in [-0.15, -0.1) is 0 Å². The van der Waals surface area contributed by atoms with E-state index >= 15 is 0 Å². The molecule has 0 unspecified atom stereocenters. The molecule has 3 aromatic rings. The smallest absolute Gasteiger partial charge is 0.255 e. The Morgan fingerprint density at radius 2 is 2.19 bits per heavy atom. The second-order valence-electron chi connectivity index (χ2n) is 9.24. The van der Waals surface area contributed by atoms with Crippen LogP contribution in [0.25, 0.3) is 11.3 Å². The first-order chi connectivity index (χ1) is 17.4. The van der Waals surface area contributed by atoms with Crippen molar-refractivity contribution < 1.29 is 24.1 Å². The van der Waals surface area contributed by atoms with Crippen molar-refractivity contribution in [3.63, 3.8) is 0 Å². The van der Waals surface area contributed by atoms with Gasteiger partial charge in [0.1, 0.15) is 18.0 Å². The highest BCUT2D eigenvalue weighted by molar-refractivity contribution is 6.32. The predicted octanol–water partition coefficient (Wildman–Crippen LogP) is 4.25. The Morgan fingerprint density at radius 3 is 2.92 bits per heavy atom. The maximum Gasteiger partial charge on any atom is 0.255 e. The number of aliphatic hydroxyl groups is 1. The van der Waals surface area contributed by atoms with Crippen LogP contribution < -0.4 is 20.1 Å². The topological polar surface area (TPSA) is 118 Å². The summed E-state index contributed by atoms with van der Waals surface area (Å²) in [6.07, 6.45) is 4.76. The maximum absolute atomic E-state index is 13.1. The van der Waals surface area contributed by atoms with Gasteiger partial charge >= 0.3 is 0 Å². The lowest BCUT2D eigenvalue weighted by molar-refractivity contribution is -0.152. The molecule has 36 heavy (non-hydrogen) atoms. The molecule has 1 fully saturated rings. The zero-order chi connectivity index (χ0) is 25.3. The van der Waals surface area contributed by atoms with E-state index in [9.17, 15) is 9.90 Å². The van der Waals surface area contributed by atoms with Crippen LogP contribution in [0.2, 0.25) is 5.02 Å². The van der Waals surface area contributed by atoms with Gasteiger partial charge in [0.25, 0.3) is 5.91 Å². The van der Waals surface area contributed by atoms with Gasteiger partial charge in [0.2, 0.25) is 0 Å². The molecule has 0 aliphatic carbocycles. The minimum Gasteiger partial charge on any atom is -0.493 e. The number of carbonyl (C=O) groups is 1. The number of hydrogen-bond acceptors (Lipinski definition) is 7. The number of para-hydroxylation sites is 1. The molecule has 2 aliphatic heterocycles. The summed E-state index contributed by atoms with van der Waals surface area (Å²) in [4.78, 5) is 20.9. The summed E-state index contributed by atoms with van der Waals surface area (Å²) < 4.78 is 17.4. The monoisotopic (exact) mass is 512 g/mol. The fourth-order valence-corrected chi connectivity index (χ4v) is 4.89. The second-order valence-corrected chi connectivity index (χ2v) is 9.64. The minimum absolute atomic E-state index is 0.00140. The van der Waals surface area contributed by atoms with Crippen molar-refractivity contribution >= 4 is 28.9 Å². The van der Waals surface area contributed by atoms with Gasteiger partial charge in [-0.25, -0.2) is 0 Å². The third kappa shape index (κ3) is 4.50. The number of nitrogens with one attached hydrogen (secondary N) is 3. The van der Waals surface area contributed by atoms with Gasteiger partial charge in [0.05, 0.1) is 47.6 Å². The van der Waals surface area contributed by atoms with Crippen molar-refractivity contribution in [1.29, 1.82) is 0 Å². The first kappa shape index (κ1) is 24.4. The van der Waals surface area contributed by atoms with Crippen LogP contribution in [0, 0.1) is 0 Å². The SMILES string of the molecule is COc1c(Cl)cccc1Nc1c(-c2ccncc2OC[C@@]2(C)CCO2)[nH]c2c1C(=O)NC[C@H]2CCO. The number of pyridine rings is 1. The molecule has 0 bridgehead atoms. The number of aromatic amines is 1. The number of aliphatic hydroxyl groups excluding tert-OH is 1. The first-order valence-corrected chi connectivity index (χ1v) is 12.3. The van der Waals surface area contributed by atoms with Crippen molar-refractivity contribution in [2.24, 2.45) is 0 Å². The number of methoxy groups -OCH3 is 1. The minimum atomic E-state index is -0.330. The van der Waals surface area contributed by atoms with Gasteiger partial charge in [-0.1, -0.05) is 17.7 Å². The van der Waals surface area contributed by atoms with E-state index < -0.39 is 0 Å². The summed E-state index contributed by atoms with van der Waals surface area (Å²) in [6, 6.07) is 7.22. The summed E-state index contributed by atoms with van der Waals surface area (Å²) in [5.74, 6) is 0.737. The number of anilines is 2. The molecule has 0 spiro atoms. The molecule has 10 heteroatoms. The summed E-state index contributed by atoms with van der Waals surface area (Å²) in [5.41, 5.74) is 3.48. The standard InChI is InChI=1S/C26H29ClN4O5/c1-26(8-11-36-26)14-35-19-13-28-9-6-16(19)22-23(30-18-5-3-4-17(27)24(18)34-2)20-21(31-22)15(7-10-32)12-29-25(20)33/h3-6,9,13,15,30-32H,7-8,10-12,14H2,1-2H3,(H,29,33)/t15-,26-/m1/s1. The average Bonchev–Trinajstić information content (AvgIpc) is 3.24.